The number of methoxy groups -OCH3 is 1. The van der Waals surface area contributed by atoms with Crippen LogP contribution in [0.4, 0.5) is 5.82 Å². The Bertz CT molecular complexity index is 945. The average Bonchev–Trinajstić information content (AvgIpc) is 3.46. The maximum absolute atomic E-state index is 12.6. The van der Waals surface area contributed by atoms with Gasteiger partial charge in [0.15, 0.2) is 0 Å². The number of rotatable bonds is 6. The standard InChI is InChI=1S/C21H20ClN3O2/c1-27-18-10-2-14(3-11-18)13-25-20(12-19(24-25)15-4-5-15)23-21(26)16-6-8-17(22)9-7-16/h2-3,6-12,15H,4-5,13H2,1H3,(H,23,26). The molecule has 0 bridgehead atoms. The van der Waals surface area contributed by atoms with Gasteiger partial charge in [0.2, 0.25) is 0 Å². The zero-order chi connectivity index (χ0) is 18.8. The molecule has 0 radical (unpaired) electrons. The van der Waals surface area contributed by atoms with E-state index in [0.717, 1.165) is 29.8 Å². The first-order chi connectivity index (χ1) is 13.1. The predicted molar refractivity (Wildman–Crippen MR) is 106 cm³/mol. The zero-order valence-corrected chi connectivity index (χ0v) is 15.7. The summed E-state index contributed by atoms with van der Waals surface area (Å²) in [5.74, 6) is 1.85. The summed E-state index contributed by atoms with van der Waals surface area (Å²) in [6.45, 7) is 0.576. The molecule has 6 heteroatoms. The monoisotopic (exact) mass is 381 g/mol. The number of amides is 1. The molecule has 0 unspecified atom stereocenters. The first kappa shape index (κ1) is 17.6. The number of halogens is 1. The van der Waals surface area contributed by atoms with Crippen LogP contribution in [0, 0.1) is 0 Å². The Kier molecular flexibility index (Phi) is 4.86. The molecule has 138 valence electrons. The second kappa shape index (κ2) is 7.45. The number of ether oxygens (including phenoxy) is 1. The van der Waals surface area contributed by atoms with Crippen molar-refractivity contribution >= 4 is 23.3 Å². The fourth-order valence-electron chi connectivity index (χ4n) is 2.93. The van der Waals surface area contributed by atoms with Crippen molar-refractivity contribution in [3.63, 3.8) is 0 Å². The van der Waals surface area contributed by atoms with Gasteiger partial charge in [-0.2, -0.15) is 5.10 Å². The highest BCUT2D eigenvalue weighted by Gasteiger charge is 2.27. The third-order valence-electron chi connectivity index (χ3n) is 4.63. The van der Waals surface area contributed by atoms with E-state index in [1.807, 2.05) is 35.0 Å². The molecule has 1 aromatic heterocycles. The lowest BCUT2D eigenvalue weighted by atomic mass is 10.2. The van der Waals surface area contributed by atoms with Crippen LogP contribution in [0.5, 0.6) is 5.75 Å². The molecule has 1 aliphatic carbocycles. The summed E-state index contributed by atoms with van der Waals surface area (Å²) in [5.41, 5.74) is 2.68. The molecule has 3 aromatic rings. The molecule has 2 aromatic carbocycles. The largest absolute Gasteiger partial charge is 0.497 e. The Morgan fingerprint density at radius 1 is 1.19 bits per heavy atom. The van der Waals surface area contributed by atoms with Crippen LogP contribution in [0.2, 0.25) is 5.02 Å². The minimum Gasteiger partial charge on any atom is -0.497 e. The van der Waals surface area contributed by atoms with Gasteiger partial charge in [-0.3, -0.25) is 4.79 Å². The molecule has 1 N–H and O–H groups in total. The van der Waals surface area contributed by atoms with E-state index in [1.54, 1.807) is 31.4 Å². The molecule has 5 nitrogen and oxygen atoms in total. The summed E-state index contributed by atoms with van der Waals surface area (Å²) in [6.07, 6.45) is 2.31. The van der Waals surface area contributed by atoms with Crippen LogP contribution in [-0.2, 0) is 6.54 Å². The lowest BCUT2D eigenvalue weighted by Gasteiger charge is -2.10. The topological polar surface area (TPSA) is 56.1 Å². The van der Waals surface area contributed by atoms with Crippen LogP contribution in [0.3, 0.4) is 0 Å². The van der Waals surface area contributed by atoms with Gasteiger partial charge < -0.3 is 10.1 Å². The van der Waals surface area contributed by atoms with Crippen LogP contribution >= 0.6 is 11.6 Å². The molecule has 0 aliphatic heterocycles. The number of anilines is 1. The smallest absolute Gasteiger partial charge is 0.256 e. The van der Waals surface area contributed by atoms with E-state index >= 15 is 0 Å². The molecule has 1 fully saturated rings. The second-order valence-corrected chi connectivity index (χ2v) is 7.13. The molecular weight excluding hydrogens is 362 g/mol. The molecule has 0 atom stereocenters. The molecule has 4 rings (SSSR count). The first-order valence-electron chi connectivity index (χ1n) is 8.90. The van der Waals surface area contributed by atoms with Crippen molar-refractivity contribution in [2.75, 3.05) is 12.4 Å². The number of hydrogen-bond donors (Lipinski definition) is 1. The molecule has 0 saturated heterocycles. The third-order valence-corrected chi connectivity index (χ3v) is 4.89. The number of carbonyl (C=O) groups is 1. The van der Waals surface area contributed by atoms with Gasteiger partial charge in [-0.05, 0) is 54.8 Å². The molecule has 1 aliphatic rings. The van der Waals surface area contributed by atoms with Gasteiger partial charge >= 0.3 is 0 Å². The highest BCUT2D eigenvalue weighted by molar-refractivity contribution is 6.30. The van der Waals surface area contributed by atoms with Crippen molar-refractivity contribution in [3.05, 3.63) is 76.4 Å². The Morgan fingerprint density at radius 3 is 2.52 bits per heavy atom. The molecule has 27 heavy (non-hydrogen) atoms. The quantitative estimate of drug-likeness (QED) is 0.672. The van der Waals surface area contributed by atoms with Crippen LogP contribution in [0.25, 0.3) is 0 Å². The van der Waals surface area contributed by atoms with E-state index in [-0.39, 0.29) is 5.91 Å². The Morgan fingerprint density at radius 2 is 1.89 bits per heavy atom. The normalized spacial score (nSPS) is 13.4. The molecule has 1 saturated carbocycles. The number of nitrogens with zero attached hydrogens (tertiary/aromatic N) is 2. The van der Waals surface area contributed by atoms with Gasteiger partial charge in [0, 0.05) is 22.6 Å². The summed E-state index contributed by atoms with van der Waals surface area (Å²) >= 11 is 5.90. The molecular formula is C21H20ClN3O2. The van der Waals surface area contributed by atoms with Gasteiger partial charge in [-0.15, -0.1) is 0 Å². The predicted octanol–water partition coefficient (Wildman–Crippen LogP) is 4.72. The summed E-state index contributed by atoms with van der Waals surface area (Å²) in [4.78, 5) is 12.6. The number of benzene rings is 2. The van der Waals surface area contributed by atoms with Crippen molar-refractivity contribution in [2.24, 2.45) is 0 Å². The Hall–Kier alpha value is -2.79. The van der Waals surface area contributed by atoms with Crippen molar-refractivity contribution in [1.29, 1.82) is 0 Å². The van der Waals surface area contributed by atoms with Crippen molar-refractivity contribution < 1.29 is 9.53 Å². The first-order valence-corrected chi connectivity index (χ1v) is 9.28. The minimum atomic E-state index is -0.176. The second-order valence-electron chi connectivity index (χ2n) is 6.70. The van der Waals surface area contributed by atoms with E-state index < -0.39 is 0 Å². The van der Waals surface area contributed by atoms with E-state index in [4.69, 9.17) is 21.4 Å². The van der Waals surface area contributed by atoms with Gasteiger partial charge in [-0.1, -0.05) is 23.7 Å². The van der Waals surface area contributed by atoms with Gasteiger partial charge in [0.1, 0.15) is 11.6 Å². The van der Waals surface area contributed by atoms with Crippen LogP contribution in [0.1, 0.15) is 40.4 Å². The zero-order valence-electron chi connectivity index (χ0n) is 15.0. The van der Waals surface area contributed by atoms with E-state index in [2.05, 4.69) is 5.32 Å². The van der Waals surface area contributed by atoms with E-state index in [0.29, 0.717) is 28.9 Å². The van der Waals surface area contributed by atoms with E-state index in [9.17, 15) is 4.79 Å². The minimum absolute atomic E-state index is 0.176. The van der Waals surface area contributed by atoms with Crippen LogP contribution < -0.4 is 10.1 Å². The van der Waals surface area contributed by atoms with Gasteiger partial charge in [0.25, 0.3) is 5.91 Å². The number of hydrogen-bond acceptors (Lipinski definition) is 3. The number of aromatic nitrogens is 2. The summed E-state index contributed by atoms with van der Waals surface area (Å²) < 4.78 is 7.06. The fourth-order valence-corrected chi connectivity index (χ4v) is 3.06. The third kappa shape index (κ3) is 4.14. The van der Waals surface area contributed by atoms with Crippen molar-refractivity contribution in [2.45, 2.75) is 25.3 Å². The molecule has 0 spiro atoms. The number of carbonyl (C=O) groups excluding carboxylic acids is 1. The van der Waals surface area contributed by atoms with Crippen molar-refractivity contribution in [3.8, 4) is 5.75 Å². The Balaban J connectivity index is 1.57. The van der Waals surface area contributed by atoms with E-state index in [1.165, 1.54) is 0 Å². The summed E-state index contributed by atoms with van der Waals surface area (Å²) in [7, 11) is 1.65. The Labute approximate surface area is 162 Å². The maximum Gasteiger partial charge on any atom is 0.256 e. The fraction of sp³-hybridized carbons (Fsp3) is 0.238. The lowest BCUT2D eigenvalue weighted by Crippen LogP contribution is -2.16. The lowest BCUT2D eigenvalue weighted by molar-refractivity contribution is 0.102. The van der Waals surface area contributed by atoms with Crippen LogP contribution in [-0.4, -0.2) is 22.8 Å². The molecule has 1 amide bonds. The highest BCUT2D eigenvalue weighted by atomic mass is 35.5. The molecule has 1 heterocycles. The summed E-state index contributed by atoms with van der Waals surface area (Å²) in [6, 6.07) is 16.7. The highest BCUT2D eigenvalue weighted by Crippen LogP contribution is 2.40. The average molecular weight is 382 g/mol. The van der Waals surface area contributed by atoms with Crippen LogP contribution in [0.15, 0.2) is 54.6 Å². The van der Waals surface area contributed by atoms with Gasteiger partial charge in [0.05, 0.1) is 19.3 Å². The maximum atomic E-state index is 12.6. The van der Waals surface area contributed by atoms with Gasteiger partial charge in [-0.25, -0.2) is 4.68 Å². The van der Waals surface area contributed by atoms with Crippen molar-refractivity contribution in [1.82, 2.24) is 9.78 Å². The number of nitrogens with one attached hydrogen (secondary N) is 1. The SMILES string of the molecule is COc1ccc(Cn2nc(C3CC3)cc2NC(=O)c2ccc(Cl)cc2)cc1. The summed E-state index contributed by atoms with van der Waals surface area (Å²) in [5, 5.41) is 8.31.